The van der Waals surface area contributed by atoms with Gasteiger partial charge in [0.1, 0.15) is 11.6 Å². The SMILES string of the molecule is CC(C)(C)OC(=O)N[C@H](CC1CCCCCCC1)C(=O)O. The molecule has 0 aliphatic heterocycles. The second-order valence-electron chi connectivity index (χ2n) is 6.98. The molecule has 0 spiro atoms. The molecule has 1 aliphatic rings. The Kier molecular flexibility index (Phi) is 6.99. The maximum absolute atomic E-state index is 11.7. The summed E-state index contributed by atoms with van der Waals surface area (Å²) in [6.07, 6.45) is 8.01. The Bertz CT molecular complexity index is 341. The molecule has 1 fully saturated rings. The van der Waals surface area contributed by atoms with Crippen LogP contribution in [0.2, 0.25) is 0 Å². The zero-order valence-corrected chi connectivity index (χ0v) is 13.5. The summed E-state index contributed by atoms with van der Waals surface area (Å²) in [6.45, 7) is 5.28. The van der Waals surface area contributed by atoms with Gasteiger partial charge in [0.25, 0.3) is 0 Å². The molecule has 5 nitrogen and oxygen atoms in total. The van der Waals surface area contributed by atoms with Gasteiger partial charge in [-0.3, -0.25) is 0 Å². The van der Waals surface area contributed by atoms with Gasteiger partial charge >= 0.3 is 12.1 Å². The lowest BCUT2D eigenvalue weighted by molar-refractivity contribution is -0.140. The third kappa shape index (κ3) is 7.93. The van der Waals surface area contributed by atoms with Gasteiger partial charge in [0.05, 0.1) is 0 Å². The smallest absolute Gasteiger partial charge is 0.408 e. The Morgan fingerprint density at radius 3 is 2.14 bits per heavy atom. The first kappa shape index (κ1) is 17.8. The van der Waals surface area contributed by atoms with Gasteiger partial charge in [0.2, 0.25) is 0 Å². The van der Waals surface area contributed by atoms with Crippen LogP contribution in [0.4, 0.5) is 4.79 Å². The lowest BCUT2D eigenvalue weighted by atomic mass is 9.86. The minimum Gasteiger partial charge on any atom is -0.480 e. The van der Waals surface area contributed by atoms with Gasteiger partial charge in [0.15, 0.2) is 0 Å². The zero-order valence-electron chi connectivity index (χ0n) is 13.5. The van der Waals surface area contributed by atoms with Crippen LogP contribution in [-0.4, -0.2) is 28.8 Å². The molecule has 0 heterocycles. The van der Waals surface area contributed by atoms with E-state index in [-0.39, 0.29) is 0 Å². The predicted molar refractivity (Wildman–Crippen MR) is 81.2 cm³/mol. The van der Waals surface area contributed by atoms with Crippen molar-refractivity contribution in [3.63, 3.8) is 0 Å². The number of nitrogens with one attached hydrogen (secondary N) is 1. The maximum atomic E-state index is 11.7. The Morgan fingerprint density at radius 1 is 1.14 bits per heavy atom. The van der Waals surface area contributed by atoms with Crippen LogP contribution in [0.5, 0.6) is 0 Å². The number of carboxylic acid groups (broad SMARTS) is 1. The van der Waals surface area contributed by atoms with Crippen LogP contribution in [0.15, 0.2) is 0 Å². The first-order chi connectivity index (χ1) is 9.78. The lowest BCUT2D eigenvalue weighted by Gasteiger charge is -2.25. The summed E-state index contributed by atoms with van der Waals surface area (Å²) in [5.74, 6) is -0.607. The first-order valence-corrected chi connectivity index (χ1v) is 8.00. The molecule has 5 heteroatoms. The van der Waals surface area contributed by atoms with E-state index in [1.165, 1.54) is 19.3 Å². The highest BCUT2D eigenvalue weighted by molar-refractivity contribution is 5.80. The molecule has 0 radical (unpaired) electrons. The van der Waals surface area contributed by atoms with Gasteiger partial charge in [-0.15, -0.1) is 0 Å². The van der Waals surface area contributed by atoms with Crippen molar-refractivity contribution in [3.8, 4) is 0 Å². The number of alkyl carbamates (subject to hydrolysis) is 1. The number of amides is 1. The average Bonchev–Trinajstić information content (AvgIpc) is 2.28. The average molecular weight is 299 g/mol. The van der Waals surface area contributed by atoms with E-state index in [1.807, 2.05) is 0 Å². The summed E-state index contributed by atoms with van der Waals surface area (Å²) in [7, 11) is 0. The topological polar surface area (TPSA) is 75.6 Å². The number of hydrogen-bond acceptors (Lipinski definition) is 3. The van der Waals surface area contributed by atoms with Crippen molar-refractivity contribution < 1.29 is 19.4 Å². The molecule has 21 heavy (non-hydrogen) atoms. The number of ether oxygens (including phenoxy) is 1. The molecule has 1 atom stereocenters. The molecule has 0 aromatic rings. The monoisotopic (exact) mass is 299 g/mol. The number of hydrogen-bond donors (Lipinski definition) is 2. The van der Waals surface area contributed by atoms with E-state index in [9.17, 15) is 14.7 Å². The van der Waals surface area contributed by atoms with E-state index in [4.69, 9.17) is 4.74 Å². The van der Waals surface area contributed by atoms with E-state index in [2.05, 4.69) is 5.32 Å². The van der Waals surface area contributed by atoms with Crippen molar-refractivity contribution in [1.82, 2.24) is 5.32 Å². The van der Waals surface area contributed by atoms with Crippen LogP contribution in [0.3, 0.4) is 0 Å². The Hall–Kier alpha value is -1.26. The molecule has 1 saturated carbocycles. The fourth-order valence-corrected chi connectivity index (χ4v) is 2.78. The highest BCUT2D eigenvalue weighted by Crippen LogP contribution is 2.26. The second kappa shape index (κ2) is 8.25. The summed E-state index contributed by atoms with van der Waals surface area (Å²) in [5.41, 5.74) is -0.618. The summed E-state index contributed by atoms with van der Waals surface area (Å²) in [6, 6.07) is -0.857. The van der Waals surface area contributed by atoms with Crippen molar-refractivity contribution in [2.45, 2.75) is 83.8 Å². The normalized spacial score (nSPS) is 19.2. The minimum atomic E-state index is -0.983. The Labute approximate surface area is 127 Å². The molecule has 0 unspecified atom stereocenters. The summed E-state index contributed by atoms with van der Waals surface area (Å²) >= 11 is 0. The fourth-order valence-electron chi connectivity index (χ4n) is 2.78. The minimum absolute atomic E-state index is 0.376. The van der Waals surface area contributed by atoms with Gasteiger partial charge < -0.3 is 15.2 Å². The highest BCUT2D eigenvalue weighted by Gasteiger charge is 2.26. The number of carbonyl (C=O) groups is 2. The van der Waals surface area contributed by atoms with E-state index in [1.54, 1.807) is 20.8 Å². The largest absolute Gasteiger partial charge is 0.480 e. The molecule has 122 valence electrons. The van der Waals surface area contributed by atoms with Crippen LogP contribution in [0.25, 0.3) is 0 Å². The third-order valence-electron chi connectivity index (χ3n) is 3.78. The van der Waals surface area contributed by atoms with Gasteiger partial charge in [-0.1, -0.05) is 44.9 Å². The predicted octanol–water partition coefficient (Wildman–Crippen LogP) is 3.71. The van der Waals surface area contributed by atoms with Crippen LogP contribution < -0.4 is 5.32 Å². The molecule has 0 aromatic heterocycles. The maximum Gasteiger partial charge on any atom is 0.408 e. The number of carbonyl (C=O) groups excluding carboxylic acids is 1. The molecule has 1 aliphatic carbocycles. The van der Waals surface area contributed by atoms with Crippen molar-refractivity contribution in [2.24, 2.45) is 5.92 Å². The van der Waals surface area contributed by atoms with Crippen molar-refractivity contribution in [3.05, 3.63) is 0 Å². The standard InChI is InChI=1S/C16H29NO4/c1-16(2,3)21-15(20)17-13(14(18)19)11-12-9-7-5-4-6-8-10-12/h12-13H,4-11H2,1-3H3,(H,17,20)(H,18,19)/t13-/m1/s1. The fraction of sp³-hybridized carbons (Fsp3) is 0.875. The summed E-state index contributed by atoms with van der Waals surface area (Å²) in [4.78, 5) is 23.1. The van der Waals surface area contributed by atoms with Crippen LogP contribution in [0.1, 0.15) is 72.1 Å². The molecule has 0 saturated heterocycles. The molecular formula is C16H29NO4. The van der Waals surface area contributed by atoms with E-state index in [0.717, 1.165) is 25.7 Å². The van der Waals surface area contributed by atoms with Gasteiger partial charge in [-0.25, -0.2) is 9.59 Å². The van der Waals surface area contributed by atoms with E-state index >= 15 is 0 Å². The van der Waals surface area contributed by atoms with Crippen LogP contribution >= 0.6 is 0 Å². The molecular weight excluding hydrogens is 270 g/mol. The second-order valence-corrected chi connectivity index (χ2v) is 6.98. The van der Waals surface area contributed by atoms with Gasteiger partial charge in [-0.2, -0.15) is 0 Å². The quantitative estimate of drug-likeness (QED) is 0.829. The number of carboxylic acids is 1. The highest BCUT2D eigenvalue weighted by atomic mass is 16.6. The molecule has 0 bridgehead atoms. The molecule has 1 amide bonds. The molecule has 1 rings (SSSR count). The van der Waals surface area contributed by atoms with E-state index < -0.39 is 23.7 Å². The van der Waals surface area contributed by atoms with Gasteiger partial charge in [0, 0.05) is 0 Å². The van der Waals surface area contributed by atoms with Crippen molar-refractivity contribution in [2.75, 3.05) is 0 Å². The first-order valence-electron chi connectivity index (χ1n) is 8.00. The van der Waals surface area contributed by atoms with Crippen molar-refractivity contribution in [1.29, 1.82) is 0 Å². The van der Waals surface area contributed by atoms with Crippen LogP contribution in [0, 0.1) is 5.92 Å². The number of aliphatic carboxylic acids is 1. The lowest BCUT2D eigenvalue weighted by Crippen LogP contribution is -2.44. The third-order valence-corrected chi connectivity index (χ3v) is 3.78. The molecule has 0 aromatic carbocycles. The molecule has 2 N–H and O–H groups in total. The van der Waals surface area contributed by atoms with Crippen molar-refractivity contribution >= 4 is 12.1 Å². The Balaban J connectivity index is 2.52. The van der Waals surface area contributed by atoms with Crippen LogP contribution in [-0.2, 0) is 9.53 Å². The summed E-state index contributed by atoms with van der Waals surface area (Å²) in [5, 5.41) is 11.8. The van der Waals surface area contributed by atoms with Gasteiger partial charge in [-0.05, 0) is 33.1 Å². The number of rotatable bonds is 4. The van der Waals surface area contributed by atoms with E-state index in [0.29, 0.717) is 12.3 Å². The Morgan fingerprint density at radius 2 is 1.67 bits per heavy atom. The summed E-state index contributed by atoms with van der Waals surface area (Å²) < 4.78 is 5.14. The zero-order chi connectivity index (χ0) is 15.9.